The van der Waals surface area contributed by atoms with Crippen LogP contribution in [0.3, 0.4) is 0 Å². The van der Waals surface area contributed by atoms with E-state index in [1.807, 2.05) is 12.1 Å². The number of nitrogens with two attached hydrogens (primary N) is 1. The lowest BCUT2D eigenvalue weighted by molar-refractivity contribution is -0.122. The molecule has 2 aromatic rings. The van der Waals surface area contributed by atoms with Crippen molar-refractivity contribution in [2.45, 2.75) is 12.5 Å². The molecule has 3 N–H and O–H groups in total. The summed E-state index contributed by atoms with van der Waals surface area (Å²) in [4.78, 5) is 16.0. The number of amides is 1. The van der Waals surface area contributed by atoms with E-state index in [-0.39, 0.29) is 0 Å². The van der Waals surface area contributed by atoms with Gasteiger partial charge in [-0.2, -0.15) is 0 Å². The molecule has 1 heterocycles. The minimum Gasteiger partial charge on any atom is -0.367 e. The third-order valence-corrected chi connectivity index (χ3v) is 3.12. The molecule has 2 rings (SSSR count). The highest BCUT2D eigenvalue weighted by Gasteiger charge is 2.34. The van der Waals surface area contributed by atoms with E-state index in [0.29, 0.717) is 16.4 Å². The Hall–Kier alpha value is -2.07. The molecule has 0 spiro atoms. The van der Waals surface area contributed by atoms with Crippen molar-refractivity contribution < 1.29 is 4.79 Å². The van der Waals surface area contributed by atoms with Crippen LogP contribution in [0, 0.1) is 0 Å². The summed E-state index contributed by atoms with van der Waals surface area (Å²) >= 11 is 5.93. The number of pyridine rings is 1. The maximum atomic E-state index is 11.8. The van der Waals surface area contributed by atoms with Gasteiger partial charge < -0.3 is 11.1 Å². The Kier molecular flexibility index (Phi) is 3.71. The number of carbonyl (C=O) groups is 1. The van der Waals surface area contributed by atoms with Crippen LogP contribution < -0.4 is 11.1 Å². The molecule has 0 fully saturated rings. The first-order valence-electron chi connectivity index (χ1n) is 5.77. The van der Waals surface area contributed by atoms with Crippen LogP contribution in [0.1, 0.15) is 12.6 Å². The Balaban J connectivity index is 2.39. The lowest BCUT2D eigenvalue weighted by Gasteiger charge is -2.28. The van der Waals surface area contributed by atoms with Crippen molar-refractivity contribution in [3.05, 3.63) is 59.4 Å². The Bertz CT molecular complexity index is 588. The molecule has 0 aliphatic heterocycles. The zero-order valence-electron chi connectivity index (χ0n) is 10.4. The van der Waals surface area contributed by atoms with E-state index in [2.05, 4.69) is 10.3 Å². The number of primary amides is 1. The van der Waals surface area contributed by atoms with Crippen LogP contribution in [0.15, 0.2) is 48.7 Å². The number of halogens is 1. The molecule has 0 aliphatic rings. The minimum absolute atomic E-state index is 0.508. The molecule has 0 saturated carbocycles. The molecule has 1 aromatic carbocycles. The van der Waals surface area contributed by atoms with E-state index >= 15 is 0 Å². The van der Waals surface area contributed by atoms with E-state index in [1.165, 1.54) is 0 Å². The number of carbonyl (C=O) groups excluding carboxylic acids is 1. The molecule has 0 saturated heterocycles. The fourth-order valence-electron chi connectivity index (χ4n) is 1.77. The SMILES string of the molecule is CC(Nc1cccc(Cl)c1)(C(N)=O)c1ccccn1. The van der Waals surface area contributed by atoms with Gasteiger partial charge in [0.25, 0.3) is 0 Å². The van der Waals surface area contributed by atoms with Gasteiger partial charge in [0.05, 0.1) is 5.69 Å². The van der Waals surface area contributed by atoms with Crippen LogP contribution in [0.4, 0.5) is 5.69 Å². The van der Waals surface area contributed by atoms with Crippen LogP contribution >= 0.6 is 11.6 Å². The van der Waals surface area contributed by atoms with Crippen molar-refractivity contribution >= 4 is 23.2 Å². The monoisotopic (exact) mass is 275 g/mol. The highest BCUT2D eigenvalue weighted by atomic mass is 35.5. The van der Waals surface area contributed by atoms with Crippen molar-refractivity contribution in [3.63, 3.8) is 0 Å². The zero-order valence-corrected chi connectivity index (χ0v) is 11.2. The lowest BCUT2D eigenvalue weighted by Crippen LogP contribution is -2.45. The first-order valence-corrected chi connectivity index (χ1v) is 6.15. The lowest BCUT2D eigenvalue weighted by atomic mass is 9.95. The minimum atomic E-state index is -1.09. The topological polar surface area (TPSA) is 68.0 Å². The second-order valence-corrected chi connectivity index (χ2v) is 4.78. The van der Waals surface area contributed by atoms with Gasteiger partial charge in [0.1, 0.15) is 0 Å². The van der Waals surface area contributed by atoms with Gasteiger partial charge in [-0.3, -0.25) is 9.78 Å². The summed E-state index contributed by atoms with van der Waals surface area (Å²) in [6.07, 6.45) is 1.62. The Morgan fingerprint density at radius 1 is 1.32 bits per heavy atom. The summed E-state index contributed by atoms with van der Waals surface area (Å²) < 4.78 is 0. The second kappa shape index (κ2) is 5.28. The normalized spacial score (nSPS) is 13.6. The molecule has 5 heteroatoms. The maximum absolute atomic E-state index is 11.8. The van der Waals surface area contributed by atoms with E-state index in [0.717, 1.165) is 0 Å². The van der Waals surface area contributed by atoms with E-state index in [4.69, 9.17) is 17.3 Å². The van der Waals surface area contributed by atoms with Gasteiger partial charge in [-0.15, -0.1) is 0 Å². The summed E-state index contributed by atoms with van der Waals surface area (Å²) in [5.74, 6) is -0.508. The van der Waals surface area contributed by atoms with Gasteiger partial charge in [-0.25, -0.2) is 0 Å². The average Bonchev–Trinajstić information content (AvgIpc) is 2.39. The fourth-order valence-corrected chi connectivity index (χ4v) is 1.96. The number of rotatable bonds is 4. The average molecular weight is 276 g/mol. The highest BCUT2D eigenvalue weighted by Crippen LogP contribution is 2.25. The zero-order chi connectivity index (χ0) is 13.9. The third kappa shape index (κ3) is 2.85. The summed E-state index contributed by atoms with van der Waals surface area (Å²) in [7, 11) is 0. The second-order valence-electron chi connectivity index (χ2n) is 4.34. The van der Waals surface area contributed by atoms with Gasteiger partial charge >= 0.3 is 0 Å². The number of benzene rings is 1. The summed E-state index contributed by atoms with van der Waals surface area (Å²) in [5.41, 5.74) is 5.69. The quantitative estimate of drug-likeness (QED) is 0.901. The van der Waals surface area contributed by atoms with Crippen LogP contribution in [0.5, 0.6) is 0 Å². The standard InChI is InChI=1S/C14H14ClN3O/c1-14(13(16)19,12-7-2-3-8-17-12)18-11-6-4-5-10(15)9-11/h2-9,18H,1H3,(H2,16,19). The third-order valence-electron chi connectivity index (χ3n) is 2.89. The molecule has 0 radical (unpaired) electrons. The Morgan fingerprint density at radius 2 is 2.11 bits per heavy atom. The fraction of sp³-hybridized carbons (Fsp3) is 0.143. The molecule has 19 heavy (non-hydrogen) atoms. The number of nitrogens with one attached hydrogen (secondary N) is 1. The number of nitrogens with zero attached hydrogens (tertiary/aromatic N) is 1. The molecule has 0 aliphatic carbocycles. The highest BCUT2D eigenvalue weighted by molar-refractivity contribution is 6.30. The van der Waals surface area contributed by atoms with Gasteiger partial charge in [0.15, 0.2) is 5.54 Å². The molecule has 1 amide bonds. The van der Waals surface area contributed by atoms with Gasteiger partial charge in [0.2, 0.25) is 5.91 Å². The first-order chi connectivity index (χ1) is 9.02. The summed E-state index contributed by atoms with van der Waals surface area (Å²) in [6.45, 7) is 1.69. The smallest absolute Gasteiger partial charge is 0.249 e. The largest absolute Gasteiger partial charge is 0.367 e. The van der Waals surface area contributed by atoms with Gasteiger partial charge in [-0.1, -0.05) is 23.7 Å². The molecule has 1 unspecified atom stereocenters. The van der Waals surface area contributed by atoms with Crippen LogP contribution in [-0.2, 0) is 10.3 Å². The first kappa shape index (κ1) is 13.4. The predicted molar refractivity (Wildman–Crippen MR) is 75.9 cm³/mol. The molecule has 0 bridgehead atoms. The summed E-state index contributed by atoms with van der Waals surface area (Å²) in [5, 5.41) is 3.67. The summed E-state index contributed by atoms with van der Waals surface area (Å²) in [6, 6.07) is 12.4. The van der Waals surface area contributed by atoms with E-state index < -0.39 is 11.4 Å². The number of anilines is 1. The molecular formula is C14H14ClN3O. The van der Waals surface area contributed by atoms with E-state index in [1.54, 1.807) is 43.5 Å². The molecule has 98 valence electrons. The van der Waals surface area contributed by atoms with Crippen LogP contribution in [0.25, 0.3) is 0 Å². The predicted octanol–water partition coefficient (Wildman–Crippen LogP) is 2.55. The van der Waals surface area contributed by atoms with Gasteiger partial charge in [0, 0.05) is 16.9 Å². The van der Waals surface area contributed by atoms with E-state index in [9.17, 15) is 4.79 Å². The Labute approximate surface area is 116 Å². The Morgan fingerprint density at radius 3 is 2.68 bits per heavy atom. The molecule has 4 nitrogen and oxygen atoms in total. The van der Waals surface area contributed by atoms with Crippen LogP contribution in [0.2, 0.25) is 5.02 Å². The van der Waals surface area contributed by atoms with Crippen molar-refractivity contribution in [1.29, 1.82) is 0 Å². The number of hydrogen-bond donors (Lipinski definition) is 2. The molecule has 1 aromatic heterocycles. The maximum Gasteiger partial charge on any atom is 0.249 e. The van der Waals surface area contributed by atoms with Crippen molar-refractivity contribution in [2.24, 2.45) is 5.73 Å². The van der Waals surface area contributed by atoms with Crippen molar-refractivity contribution in [1.82, 2.24) is 4.98 Å². The van der Waals surface area contributed by atoms with Crippen molar-refractivity contribution in [2.75, 3.05) is 5.32 Å². The van der Waals surface area contributed by atoms with Crippen molar-refractivity contribution in [3.8, 4) is 0 Å². The number of aromatic nitrogens is 1. The molecular weight excluding hydrogens is 262 g/mol. The number of hydrogen-bond acceptors (Lipinski definition) is 3. The molecule has 1 atom stereocenters. The van der Waals surface area contributed by atoms with Gasteiger partial charge in [-0.05, 0) is 37.3 Å². The van der Waals surface area contributed by atoms with Crippen LogP contribution in [-0.4, -0.2) is 10.9 Å².